The molecule has 0 saturated heterocycles. The molecule has 2 heteroatoms. The third kappa shape index (κ3) is 4.09. The molecule has 0 unspecified atom stereocenters. The predicted octanol–water partition coefficient (Wildman–Crippen LogP) is 5.61. The van der Waals surface area contributed by atoms with Crippen LogP contribution in [-0.2, 0) is 33.9 Å². The molecule has 0 radical (unpaired) electrons. The van der Waals surface area contributed by atoms with Crippen molar-refractivity contribution in [3.05, 3.63) is 28.8 Å². The van der Waals surface area contributed by atoms with Crippen LogP contribution >= 0.6 is 6.41 Å². The average molecular weight is 467 g/mol. The standard InChI is InChI=1S/C18H29P.Os/c1-16(2,3)12-10-13(17(4,5)6)15(19)14(11-12)18(7,8)9;/h10-11H,1-9H3;. The first-order valence-corrected chi connectivity index (χ1v) is 11.5. The first-order chi connectivity index (χ1) is 8.78. The second-order valence-electron chi connectivity index (χ2n) is 8.75. The Morgan fingerprint density at radius 2 is 1.05 bits per heavy atom. The van der Waals surface area contributed by atoms with Crippen LogP contribution in [0, 0.1) is 0 Å². The van der Waals surface area contributed by atoms with Gasteiger partial charge in [-0.15, -0.1) is 0 Å². The molecule has 114 valence electrons. The fourth-order valence-electron chi connectivity index (χ4n) is 2.30. The third-order valence-electron chi connectivity index (χ3n) is 3.67. The van der Waals surface area contributed by atoms with Crippen LogP contribution in [0.5, 0.6) is 0 Å². The molecule has 0 nitrogen and oxygen atoms in total. The number of hydrogen-bond donors (Lipinski definition) is 0. The van der Waals surface area contributed by atoms with Gasteiger partial charge in [0.15, 0.2) is 0 Å². The molecule has 1 aromatic rings. The zero-order valence-corrected chi connectivity index (χ0v) is 17.9. The third-order valence-corrected chi connectivity index (χ3v) is 6.02. The summed E-state index contributed by atoms with van der Waals surface area (Å²) in [5, 5.41) is 1.54. The van der Waals surface area contributed by atoms with Crippen molar-refractivity contribution in [3.63, 3.8) is 0 Å². The summed E-state index contributed by atoms with van der Waals surface area (Å²) >= 11 is 2.05. The van der Waals surface area contributed by atoms with E-state index in [-0.39, 0.29) is 16.2 Å². The fourth-order valence-corrected chi connectivity index (χ4v) is 5.10. The molecular weight excluding hydrogens is 437 g/mol. The van der Waals surface area contributed by atoms with E-state index in [1.807, 2.05) is 17.6 Å². The molecule has 0 N–H and O–H groups in total. The quantitative estimate of drug-likeness (QED) is 0.472. The monoisotopic (exact) mass is 468 g/mol. The summed E-state index contributed by atoms with van der Waals surface area (Å²) < 4.78 is 0. The Balaban J connectivity index is 3.80. The van der Waals surface area contributed by atoms with Gasteiger partial charge >= 0.3 is 137 Å². The molecule has 0 aliphatic carbocycles. The minimum atomic E-state index is 0.198. The average Bonchev–Trinajstić information content (AvgIpc) is 2.23. The van der Waals surface area contributed by atoms with Crippen LogP contribution in [0.1, 0.15) is 79.0 Å². The summed E-state index contributed by atoms with van der Waals surface area (Å²) in [6.07, 6.45) is 1.40. The van der Waals surface area contributed by atoms with Gasteiger partial charge in [-0.25, -0.2) is 0 Å². The molecule has 0 amide bonds. The Morgan fingerprint density at radius 3 is 1.25 bits per heavy atom. The van der Waals surface area contributed by atoms with Crippen LogP contribution in [0.4, 0.5) is 0 Å². The van der Waals surface area contributed by atoms with Crippen LogP contribution in [0.3, 0.4) is 0 Å². The van der Waals surface area contributed by atoms with Gasteiger partial charge in [-0.05, 0) is 0 Å². The molecule has 0 bridgehead atoms. The molecule has 0 aliphatic heterocycles. The number of rotatable bonds is 1. The van der Waals surface area contributed by atoms with Gasteiger partial charge in [0.2, 0.25) is 0 Å². The normalized spacial score (nSPS) is 13.9. The molecule has 1 rings (SSSR count). The van der Waals surface area contributed by atoms with Gasteiger partial charge in [-0.2, -0.15) is 0 Å². The summed E-state index contributed by atoms with van der Waals surface area (Å²) in [5.74, 6) is 0. The number of hydrogen-bond acceptors (Lipinski definition) is 0. The van der Waals surface area contributed by atoms with E-state index < -0.39 is 0 Å². The summed E-state index contributed by atoms with van der Waals surface area (Å²) in [7, 11) is 0. The second kappa shape index (κ2) is 5.74. The van der Waals surface area contributed by atoms with Crippen LogP contribution < -0.4 is 5.30 Å². The van der Waals surface area contributed by atoms with E-state index in [4.69, 9.17) is 0 Å². The van der Waals surface area contributed by atoms with Crippen LogP contribution in [-0.4, -0.2) is 0 Å². The maximum atomic E-state index is 2.45. The zero-order valence-electron chi connectivity index (χ0n) is 14.5. The second-order valence-corrected chi connectivity index (χ2v) is 11.1. The molecule has 0 fully saturated rings. The van der Waals surface area contributed by atoms with Gasteiger partial charge in [-0.1, -0.05) is 0 Å². The Kier molecular flexibility index (Phi) is 5.23. The summed E-state index contributed by atoms with van der Waals surface area (Å²) in [6, 6.07) is 4.90. The Morgan fingerprint density at radius 1 is 0.700 bits per heavy atom. The van der Waals surface area contributed by atoms with E-state index in [0.717, 1.165) is 0 Å². The van der Waals surface area contributed by atoms with Crippen molar-refractivity contribution < 1.29 is 17.6 Å². The molecule has 0 heterocycles. The van der Waals surface area contributed by atoms with E-state index in [1.165, 1.54) is 28.4 Å². The van der Waals surface area contributed by atoms with E-state index in [1.54, 1.807) is 0 Å². The molecule has 0 aromatic heterocycles. The topological polar surface area (TPSA) is 0 Å². The van der Waals surface area contributed by atoms with Gasteiger partial charge in [0.25, 0.3) is 0 Å². The molecule has 0 atom stereocenters. The predicted molar refractivity (Wildman–Crippen MR) is 89.1 cm³/mol. The summed E-state index contributed by atoms with van der Waals surface area (Å²) in [5.41, 5.74) is 5.10. The van der Waals surface area contributed by atoms with Crippen molar-refractivity contribution in [2.24, 2.45) is 0 Å². The van der Waals surface area contributed by atoms with Gasteiger partial charge < -0.3 is 0 Å². The summed E-state index contributed by atoms with van der Waals surface area (Å²) in [6.45, 7) is 20.9. The minimum absolute atomic E-state index is 0.198. The molecule has 0 aliphatic rings. The Hall–Kier alpha value is 0.156. The van der Waals surface area contributed by atoms with Crippen molar-refractivity contribution in [2.45, 2.75) is 78.6 Å². The molecule has 0 spiro atoms. The van der Waals surface area contributed by atoms with Gasteiger partial charge in [0.1, 0.15) is 0 Å². The molecular formula is C18H29OsP. The Labute approximate surface area is 136 Å². The SMILES string of the molecule is CC(C)(C)c1cc(C(C)(C)C)c([P]=[Os])c(C(C)(C)C)c1. The van der Waals surface area contributed by atoms with Gasteiger partial charge in [0, 0.05) is 0 Å². The maximum absolute atomic E-state index is 2.45. The summed E-state index contributed by atoms with van der Waals surface area (Å²) in [4.78, 5) is 0. The zero-order chi connectivity index (χ0) is 15.9. The van der Waals surface area contributed by atoms with E-state index >= 15 is 0 Å². The molecule has 0 saturated carbocycles. The van der Waals surface area contributed by atoms with E-state index in [0.29, 0.717) is 0 Å². The van der Waals surface area contributed by atoms with Crippen molar-refractivity contribution in [2.75, 3.05) is 0 Å². The van der Waals surface area contributed by atoms with Crippen molar-refractivity contribution in [3.8, 4) is 0 Å². The van der Waals surface area contributed by atoms with Crippen molar-refractivity contribution >= 4 is 11.7 Å². The first kappa shape index (κ1) is 18.2. The van der Waals surface area contributed by atoms with Crippen LogP contribution in [0.2, 0.25) is 0 Å². The molecule has 1 aromatic carbocycles. The molecule has 20 heavy (non-hydrogen) atoms. The number of benzene rings is 1. The fraction of sp³-hybridized carbons (Fsp3) is 0.667. The Bertz CT molecular complexity index is 473. The van der Waals surface area contributed by atoms with E-state index in [2.05, 4.69) is 74.4 Å². The van der Waals surface area contributed by atoms with E-state index in [9.17, 15) is 0 Å². The van der Waals surface area contributed by atoms with Crippen molar-refractivity contribution in [1.29, 1.82) is 0 Å². The van der Waals surface area contributed by atoms with Gasteiger partial charge in [-0.3, -0.25) is 0 Å². The van der Waals surface area contributed by atoms with Crippen molar-refractivity contribution in [1.82, 2.24) is 0 Å². The van der Waals surface area contributed by atoms with Crippen LogP contribution in [0.15, 0.2) is 12.1 Å². The van der Waals surface area contributed by atoms with Crippen LogP contribution in [0.25, 0.3) is 0 Å². The first-order valence-electron chi connectivity index (χ1n) is 7.29. The van der Waals surface area contributed by atoms with Gasteiger partial charge in [0.05, 0.1) is 0 Å².